The van der Waals surface area contributed by atoms with Crippen molar-refractivity contribution < 1.29 is 14.0 Å². The van der Waals surface area contributed by atoms with Crippen LogP contribution in [0.15, 0.2) is 33.9 Å². The van der Waals surface area contributed by atoms with Crippen LogP contribution in [0.25, 0.3) is 11.5 Å². The summed E-state index contributed by atoms with van der Waals surface area (Å²) < 4.78 is 5.65. The van der Waals surface area contributed by atoms with Crippen LogP contribution < -0.4 is 10.6 Å². The second-order valence-corrected chi connectivity index (χ2v) is 8.20. The van der Waals surface area contributed by atoms with Gasteiger partial charge in [0.15, 0.2) is 0 Å². The lowest BCUT2D eigenvalue weighted by Gasteiger charge is -2.22. The third kappa shape index (κ3) is 4.32. The summed E-state index contributed by atoms with van der Waals surface area (Å²) in [5.41, 5.74) is 1.38. The number of amides is 2. The molecule has 2 bridgehead atoms. The number of fused-ring (bicyclic) bond motifs is 2. The Kier molecular flexibility index (Phi) is 5.15. The first-order chi connectivity index (χ1) is 13.1. The van der Waals surface area contributed by atoms with Crippen LogP contribution in [-0.2, 0) is 9.59 Å². The quantitative estimate of drug-likeness (QED) is 0.741. The molecule has 1 heterocycles. The first-order valence-electron chi connectivity index (χ1n) is 9.20. The van der Waals surface area contributed by atoms with Crippen molar-refractivity contribution in [2.45, 2.75) is 43.9 Å². The van der Waals surface area contributed by atoms with Gasteiger partial charge in [0.25, 0.3) is 5.22 Å². The average molecular weight is 386 g/mol. The Hall–Kier alpha value is -2.35. The number of rotatable bonds is 6. The normalized spacial score (nSPS) is 23.4. The fourth-order valence-corrected chi connectivity index (χ4v) is 4.69. The molecule has 0 unspecified atom stereocenters. The van der Waals surface area contributed by atoms with Crippen molar-refractivity contribution in [3.8, 4) is 11.5 Å². The van der Waals surface area contributed by atoms with Crippen LogP contribution in [0.2, 0.25) is 0 Å². The molecule has 2 N–H and O–H groups in total. The number of benzene rings is 1. The Balaban J connectivity index is 1.31. The largest absolute Gasteiger partial charge is 0.411 e. The molecule has 2 aliphatic carbocycles. The lowest BCUT2D eigenvalue weighted by atomic mass is 9.95. The van der Waals surface area contributed by atoms with Crippen molar-refractivity contribution in [2.75, 3.05) is 11.1 Å². The van der Waals surface area contributed by atoms with Crippen molar-refractivity contribution in [3.05, 3.63) is 24.3 Å². The molecule has 0 radical (unpaired) electrons. The van der Waals surface area contributed by atoms with E-state index in [1.807, 2.05) is 6.07 Å². The first-order valence-corrected chi connectivity index (χ1v) is 10.2. The van der Waals surface area contributed by atoms with E-state index in [1.54, 1.807) is 18.2 Å². The molecule has 2 fully saturated rings. The van der Waals surface area contributed by atoms with E-state index in [4.69, 9.17) is 4.42 Å². The third-order valence-corrected chi connectivity index (χ3v) is 6.07. The molecule has 2 aliphatic rings. The van der Waals surface area contributed by atoms with E-state index in [0.717, 1.165) is 12.3 Å². The second kappa shape index (κ2) is 7.72. The molecule has 0 saturated heterocycles. The summed E-state index contributed by atoms with van der Waals surface area (Å²) in [5, 5.41) is 14.3. The lowest BCUT2D eigenvalue weighted by Crippen LogP contribution is -2.39. The monoisotopic (exact) mass is 386 g/mol. The summed E-state index contributed by atoms with van der Waals surface area (Å²) in [6.07, 6.45) is 4.95. The Morgan fingerprint density at radius 2 is 2.15 bits per heavy atom. The second-order valence-electron chi connectivity index (χ2n) is 7.27. The lowest BCUT2D eigenvalue weighted by molar-refractivity contribution is -0.119. The summed E-state index contributed by atoms with van der Waals surface area (Å²) in [6, 6.07) is 7.53. The number of aromatic nitrogens is 2. The fourth-order valence-electron chi connectivity index (χ4n) is 4.12. The van der Waals surface area contributed by atoms with Crippen LogP contribution in [0.5, 0.6) is 0 Å². The van der Waals surface area contributed by atoms with Gasteiger partial charge in [-0.2, -0.15) is 0 Å². The maximum absolute atomic E-state index is 12.2. The van der Waals surface area contributed by atoms with Gasteiger partial charge in [-0.25, -0.2) is 0 Å². The summed E-state index contributed by atoms with van der Waals surface area (Å²) >= 11 is 1.24. The van der Waals surface area contributed by atoms with Gasteiger partial charge in [-0.05, 0) is 49.3 Å². The zero-order valence-corrected chi connectivity index (χ0v) is 15.9. The van der Waals surface area contributed by atoms with Gasteiger partial charge >= 0.3 is 0 Å². The highest BCUT2D eigenvalue weighted by molar-refractivity contribution is 7.99. The van der Waals surface area contributed by atoms with Crippen molar-refractivity contribution in [1.29, 1.82) is 0 Å². The van der Waals surface area contributed by atoms with Gasteiger partial charge < -0.3 is 15.1 Å². The minimum absolute atomic E-state index is 0.0185. The predicted octanol–water partition coefficient (Wildman–Crippen LogP) is 3.09. The number of nitrogens with zero attached hydrogens (tertiary/aromatic N) is 2. The number of nitrogens with one attached hydrogen (secondary N) is 2. The van der Waals surface area contributed by atoms with E-state index >= 15 is 0 Å². The van der Waals surface area contributed by atoms with Crippen molar-refractivity contribution in [2.24, 2.45) is 11.8 Å². The number of anilines is 1. The molecule has 2 aromatic rings. The van der Waals surface area contributed by atoms with Crippen molar-refractivity contribution in [1.82, 2.24) is 15.5 Å². The molecule has 2 amide bonds. The van der Waals surface area contributed by atoms with Crippen LogP contribution in [-0.4, -0.2) is 33.8 Å². The highest BCUT2D eigenvalue weighted by Crippen LogP contribution is 2.44. The Morgan fingerprint density at radius 3 is 2.89 bits per heavy atom. The van der Waals surface area contributed by atoms with Gasteiger partial charge in [-0.3, -0.25) is 9.59 Å². The van der Waals surface area contributed by atoms with Gasteiger partial charge in [0.2, 0.25) is 17.7 Å². The molecule has 1 aromatic carbocycles. The first kappa shape index (κ1) is 18.0. The summed E-state index contributed by atoms with van der Waals surface area (Å²) in [6.45, 7) is 1.45. The standard InChI is InChI=1S/C19H22N4O3S/c1-11(24)20-15-4-2-3-14(9-15)18-22-23-19(26-18)27-10-17(25)21-16-8-12-5-6-13(16)7-12/h2-4,9,12-13,16H,5-8,10H2,1H3,(H,20,24)(H,21,25)/t12-,13-,16+/m1/s1. The Labute approximate surface area is 161 Å². The molecule has 2 saturated carbocycles. The SMILES string of the molecule is CC(=O)Nc1cccc(-c2nnc(SCC(=O)N[C@H]3C[C@@H]4CC[C@@H]3C4)o2)c1. The van der Waals surface area contributed by atoms with Crippen LogP contribution >= 0.6 is 11.8 Å². The molecule has 8 heteroatoms. The van der Waals surface area contributed by atoms with E-state index in [9.17, 15) is 9.59 Å². The molecule has 27 heavy (non-hydrogen) atoms. The van der Waals surface area contributed by atoms with E-state index in [1.165, 1.54) is 37.9 Å². The average Bonchev–Trinajstić information content (AvgIpc) is 3.36. The molecule has 0 aliphatic heterocycles. The van der Waals surface area contributed by atoms with E-state index in [-0.39, 0.29) is 17.6 Å². The Bertz CT molecular complexity index is 853. The third-order valence-electron chi connectivity index (χ3n) is 5.25. The zero-order chi connectivity index (χ0) is 18.8. The summed E-state index contributed by atoms with van der Waals surface area (Å²) in [5.74, 6) is 1.97. The minimum Gasteiger partial charge on any atom is -0.411 e. The van der Waals surface area contributed by atoms with Crippen LogP contribution in [0.3, 0.4) is 0 Å². The molecule has 1 aromatic heterocycles. The van der Waals surface area contributed by atoms with Gasteiger partial charge in [0, 0.05) is 24.2 Å². The summed E-state index contributed by atoms with van der Waals surface area (Å²) in [7, 11) is 0. The van der Waals surface area contributed by atoms with Gasteiger partial charge in [0.05, 0.1) is 5.75 Å². The number of carbonyl (C=O) groups excluding carboxylic acids is 2. The maximum atomic E-state index is 12.2. The fraction of sp³-hybridized carbons (Fsp3) is 0.474. The molecule has 142 valence electrons. The maximum Gasteiger partial charge on any atom is 0.277 e. The number of hydrogen-bond donors (Lipinski definition) is 2. The van der Waals surface area contributed by atoms with Gasteiger partial charge in [0.1, 0.15) is 0 Å². The van der Waals surface area contributed by atoms with Gasteiger partial charge in [-0.15, -0.1) is 10.2 Å². The van der Waals surface area contributed by atoms with Crippen LogP contribution in [0.4, 0.5) is 5.69 Å². The molecule has 3 atom stereocenters. The van der Waals surface area contributed by atoms with Crippen LogP contribution in [0.1, 0.15) is 32.6 Å². The summed E-state index contributed by atoms with van der Waals surface area (Å²) in [4.78, 5) is 23.4. The smallest absolute Gasteiger partial charge is 0.277 e. The number of carbonyl (C=O) groups is 2. The molecule has 0 spiro atoms. The topological polar surface area (TPSA) is 97.1 Å². The van der Waals surface area contributed by atoms with E-state index < -0.39 is 0 Å². The van der Waals surface area contributed by atoms with E-state index in [0.29, 0.717) is 34.3 Å². The van der Waals surface area contributed by atoms with E-state index in [2.05, 4.69) is 20.8 Å². The molecule has 7 nitrogen and oxygen atoms in total. The van der Waals surface area contributed by atoms with Crippen molar-refractivity contribution in [3.63, 3.8) is 0 Å². The minimum atomic E-state index is -0.143. The molecular formula is C19H22N4O3S. The predicted molar refractivity (Wildman–Crippen MR) is 102 cm³/mol. The van der Waals surface area contributed by atoms with Gasteiger partial charge in [-0.1, -0.05) is 24.2 Å². The van der Waals surface area contributed by atoms with Crippen molar-refractivity contribution >= 4 is 29.3 Å². The number of thioether (sulfide) groups is 1. The molecule has 4 rings (SSSR count). The zero-order valence-electron chi connectivity index (χ0n) is 15.1. The van der Waals surface area contributed by atoms with Crippen LogP contribution in [0, 0.1) is 11.8 Å². The number of hydrogen-bond acceptors (Lipinski definition) is 6. The Morgan fingerprint density at radius 1 is 1.26 bits per heavy atom. The highest BCUT2D eigenvalue weighted by Gasteiger charge is 2.40. The molecular weight excluding hydrogens is 364 g/mol. The highest BCUT2D eigenvalue weighted by atomic mass is 32.2.